The summed E-state index contributed by atoms with van der Waals surface area (Å²) >= 11 is 0. The van der Waals surface area contributed by atoms with Gasteiger partial charge in [-0.3, -0.25) is 4.79 Å². The number of rotatable bonds is 3. The van der Waals surface area contributed by atoms with Crippen molar-refractivity contribution < 1.29 is 27.9 Å². The van der Waals surface area contributed by atoms with Gasteiger partial charge in [0, 0.05) is 12.0 Å². The quantitative estimate of drug-likeness (QED) is 0.772. The Balaban J connectivity index is 2.07. The van der Waals surface area contributed by atoms with Crippen molar-refractivity contribution in [3.63, 3.8) is 0 Å². The number of carboxylic acid groups (broad SMARTS) is 1. The Hall–Kier alpha value is -2.97. The number of fused-ring (bicyclic) bond motifs is 1. The molecule has 2 aromatic rings. The van der Waals surface area contributed by atoms with E-state index in [1.165, 1.54) is 12.1 Å². The number of hydrogen-bond donors (Lipinski definition) is 1. The molecule has 1 aliphatic rings. The molecule has 1 aromatic carbocycles. The van der Waals surface area contributed by atoms with Crippen LogP contribution >= 0.6 is 0 Å². The number of halogens is 3. The molecule has 0 fully saturated rings. The molecule has 1 aliphatic carbocycles. The molecule has 0 saturated carbocycles. The summed E-state index contributed by atoms with van der Waals surface area (Å²) in [5.74, 6) is -2.10. The molecular weight excluding hydrogens is 387 g/mol. The third kappa shape index (κ3) is 4.38. The fraction of sp³-hybridized carbons (Fsp3) is 0.400. The molecule has 154 valence electrons. The SMILES string of the molecule is CC(C)(C)C1CC(C=CC(=O)O)C=C(n2nc3ccc(C(F)(F)F)cc3n2)C1=O. The molecule has 3 rings (SSSR count). The lowest BCUT2D eigenvalue weighted by atomic mass is 9.70. The number of allylic oxidation sites excluding steroid dienone is 3. The van der Waals surface area contributed by atoms with Gasteiger partial charge in [-0.2, -0.15) is 13.2 Å². The highest BCUT2D eigenvalue weighted by Gasteiger charge is 2.39. The predicted molar refractivity (Wildman–Crippen MR) is 99.6 cm³/mol. The average molecular weight is 407 g/mol. The molecule has 0 saturated heterocycles. The van der Waals surface area contributed by atoms with Crippen LogP contribution in [0, 0.1) is 17.3 Å². The zero-order valence-electron chi connectivity index (χ0n) is 16.1. The molecule has 6 nitrogen and oxygen atoms in total. The second-order valence-electron chi connectivity index (χ2n) is 8.12. The average Bonchev–Trinajstić information content (AvgIpc) is 3.01. The van der Waals surface area contributed by atoms with E-state index in [0.29, 0.717) is 6.42 Å². The van der Waals surface area contributed by atoms with Gasteiger partial charge in [0.2, 0.25) is 0 Å². The third-order valence-corrected chi connectivity index (χ3v) is 4.90. The van der Waals surface area contributed by atoms with Gasteiger partial charge in [-0.05, 0) is 42.0 Å². The zero-order chi connectivity index (χ0) is 21.6. The Kier molecular flexibility index (Phi) is 5.10. The Bertz CT molecular complexity index is 1030. The molecule has 0 spiro atoms. The van der Waals surface area contributed by atoms with Gasteiger partial charge in [-0.1, -0.05) is 26.8 Å². The number of Topliss-reactive ketones (excluding diaryl/α,β-unsaturated/α-hetero) is 1. The lowest BCUT2D eigenvalue weighted by molar-refractivity contribution is -0.137. The zero-order valence-corrected chi connectivity index (χ0v) is 16.1. The molecule has 0 bridgehead atoms. The van der Waals surface area contributed by atoms with Crippen LogP contribution in [-0.2, 0) is 15.8 Å². The first kappa shape index (κ1) is 20.8. The van der Waals surface area contributed by atoms with Crippen molar-refractivity contribution in [1.29, 1.82) is 0 Å². The van der Waals surface area contributed by atoms with Crippen LogP contribution in [0.15, 0.2) is 36.4 Å². The van der Waals surface area contributed by atoms with Gasteiger partial charge in [-0.25, -0.2) is 4.79 Å². The first-order valence-electron chi connectivity index (χ1n) is 8.98. The summed E-state index contributed by atoms with van der Waals surface area (Å²) in [4.78, 5) is 25.0. The summed E-state index contributed by atoms with van der Waals surface area (Å²) in [5, 5.41) is 17.1. The standard InChI is InChI=1S/C20H20F3N3O3/c1-19(2,3)13-8-11(4-7-17(27)28)9-16(18(13)29)26-24-14-6-5-12(20(21,22)23)10-15(14)25-26/h4-7,9-11,13H,8H2,1-3H3,(H,27,28). The van der Waals surface area contributed by atoms with E-state index in [-0.39, 0.29) is 28.4 Å². The highest BCUT2D eigenvalue weighted by atomic mass is 19.4. The van der Waals surface area contributed by atoms with E-state index in [2.05, 4.69) is 10.2 Å². The van der Waals surface area contributed by atoms with E-state index < -0.39 is 29.0 Å². The Morgan fingerprint density at radius 3 is 2.45 bits per heavy atom. The molecular formula is C20H20F3N3O3. The predicted octanol–water partition coefficient (Wildman–Crippen LogP) is 4.18. The molecule has 0 aliphatic heterocycles. The molecule has 2 unspecified atom stereocenters. The van der Waals surface area contributed by atoms with Crippen LogP contribution < -0.4 is 0 Å². The van der Waals surface area contributed by atoms with Crippen LogP contribution in [-0.4, -0.2) is 31.9 Å². The normalized spacial score (nSPS) is 21.0. The number of ketones is 1. The fourth-order valence-electron chi connectivity index (χ4n) is 3.36. The number of hydrogen-bond acceptors (Lipinski definition) is 4. The number of benzene rings is 1. The van der Waals surface area contributed by atoms with Gasteiger partial charge in [0.05, 0.1) is 5.56 Å². The maximum Gasteiger partial charge on any atom is 0.416 e. The summed E-state index contributed by atoms with van der Waals surface area (Å²) in [6.45, 7) is 5.71. The lowest BCUT2D eigenvalue weighted by Gasteiger charge is -2.34. The Morgan fingerprint density at radius 1 is 1.21 bits per heavy atom. The van der Waals surface area contributed by atoms with Crippen LogP contribution in [0.2, 0.25) is 0 Å². The van der Waals surface area contributed by atoms with E-state index >= 15 is 0 Å². The van der Waals surface area contributed by atoms with Crippen molar-refractivity contribution in [1.82, 2.24) is 15.0 Å². The molecule has 0 amide bonds. The maximum absolute atomic E-state index is 13.1. The van der Waals surface area contributed by atoms with E-state index in [1.807, 2.05) is 20.8 Å². The number of alkyl halides is 3. The van der Waals surface area contributed by atoms with Gasteiger partial charge in [0.1, 0.15) is 16.7 Å². The van der Waals surface area contributed by atoms with Crippen molar-refractivity contribution in [2.45, 2.75) is 33.4 Å². The minimum absolute atomic E-state index is 0.0176. The summed E-state index contributed by atoms with van der Waals surface area (Å²) < 4.78 is 38.8. The van der Waals surface area contributed by atoms with Crippen molar-refractivity contribution in [2.24, 2.45) is 17.3 Å². The summed E-state index contributed by atoms with van der Waals surface area (Å²) in [7, 11) is 0. The van der Waals surface area contributed by atoms with E-state index in [0.717, 1.165) is 23.0 Å². The molecule has 1 aromatic heterocycles. The van der Waals surface area contributed by atoms with Crippen LogP contribution in [0.5, 0.6) is 0 Å². The Morgan fingerprint density at radius 2 is 1.86 bits per heavy atom. The Labute approximate surface area is 164 Å². The molecule has 1 heterocycles. The van der Waals surface area contributed by atoms with Crippen molar-refractivity contribution in [3.05, 3.63) is 42.0 Å². The number of nitrogens with zero attached hydrogens (tertiary/aromatic N) is 3. The number of carbonyl (C=O) groups is 2. The van der Waals surface area contributed by atoms with Crippen LogP contribution in [0.3, 0.4) is 0 Å². The molecule has 0 radical (unpaired) electrons. The van der Waals surface area contributed by atoms with Crippen molar-refractivity contribution in [2.75, 3.05) is 0 Å². The van der Waals surface area contributed by atoms with Crippen molar-refractivity contribution >= 4 is 28.5 Å². The van der Waals surface area contributed by atoms with Crippen LogP contribution in [0.25, 0.3) is 16.7 Å². The van der Waals surface area contributed by atoms with Gasteiger partial charge in [0.25, 0.3) is 0 Å². The second-order valence-corrected chi connectivity index (χ2v) is 8.12. The molecule has 1 N–H and O–H groups in total. The number of carbonyl (C=O) groups excluding carboxylic acids is 1. The minimum Gasteiger partial charge on any atom is -0.478 e. The highest BCUT2D eigenvalue weighted by Crippen LogP contribution is 2.39. The third-order valence-electron chi connectivity index (χ3n) is 4.90. The van der Waals surface area contributed by atoms with Crippen LogP contribution in [0.1, 0.15) is 32.8 Å². The second kappa shape index (κ2) is 7.13. The largest absolute Gasteiger partial charge is 0.478 e. The summed E-state index contributed by atoms with van der Waals surface area (Å²) in [5.41, 5.74) is -0.884. The number of aliphatic carboxylic acids is 1. The van der Waals surface area contributed by atoms with Gasteiger partial charge >= 0.3 is 12.1 Å². The number of carboxylic acids is 1. The minimum atomic E-state index is -4.51. The summed E-state index contributed by atoms with van der Waals surface area (Å²) in [6.07, 6.45) is -0.0282. The summed E-state index contributed by atoms with van der Waals surface area (Å²) in [6, 6.07) is 3.00. The maximum atomic E-state index is 13.1. The molecule has 9 heteroatoms. The highest BCUT2D eigenvalue weighted by molar-refractivity contribution is 6.17. The monoisotopic (exact) mass is 407 g/mol. The fourth-order valence-corrected chi connectivity index (χ4v) is 3.36. The van der Waals surface area contributed by atoms with Gasteiger partial charge < -0.3 is 5.11 Å². The lowest BCUT2D eigenvalue weighted by Crippen LogP contribution is -2.35. The topological polar surface area (TPSA) is 85.1 Å². The smallest absolute Gasteiger partial charge is 0.416 e. The molecule has 2 atom stereocenters. The van der Waals surface area contributed by atoms with Crippen molar-refractivity contribution in [3.8, 4) is 0 Å². The van der Waals surface area contributed by atoms with E-state index in [1.54, 1.807) is 6.08 Å². The van der Waals surface area contributed by atoms with Gasteiger partial charge in [-0.15, -0.1) is 15.0 Å². The first-order valence-corrected chi connectivity index (χ1v) is 8.98. The van der Waals surface area contributed by atoms with E-state index in [4.69, 9.17) is 5.11 Å². The van der Waals surface area contributed by atoms with Crippen LogP contribution in [0.4, 0.5) is 13.2 Å². The van der Waals surface area contributed by atoms with Gasteiger partial charge in [0.15, 0.2) is 5.78 Å². The first-order chi connectivity index (χ1) is 13.4. The van der Waals surface area contributed by atoms with E-state index in [9.17, 15) is 22.8 Å². The molecule has 29 heavy (non-hydrogen) atoms. The number of aromatic nitrogens is 3.